The van der Waals surface area contributed by atoms with Gasteiger partial charge in [-0.3, -0.25) is 0 Å². The summed E-state index contributed by atoms with van der Waals surface area (Å²) >= 11 is 0. The van der Waals surface area contributed by atoms with Gasteiger partial charge in [0.25, 0.3) is 0 Å². The van der Waals surface area contributed by atoms with Crippen LogP contribution in [0.3, 0.4) is 0 Å². The summed E-state index contributed by atoms with van der Waals surface area (Å²) in [7, 11) is 0. The Balaban J connectivity index is 2.46. The molecule has 0 saturated carbocycles. The van der Waals surface area contributed by atoms with E-state index in [0.29, 0.717) is 5.41 Å². The van der Waals surface area contributed by atoms with E-state index in [2.05, 4.69) is 31.2 Å². The highest BCUT2D eigenvalue weighted by Gasteiger charge is 2.12. The standard InChI is InChI=1S/C11H20N2O/c1-8-10(9(2)14-13-8)12-7-6-11(3,4)5/h12H,6-7H2,1-5H3. The molecule has 1 N–H and O–H groups in total. The van der Waals surface area contributed by atoms with Gasteiger partial charge in [0.05, 0.1) is 0 Å². The highest BCUT2D eigenvalue weighted by Crippen LogP contribution is 2.21. The van der Waals surface area contributed by atoms with Crippen LogP contribution in [-0.4, -0.2) is 11.7 Å². The van der Waals surface area contributed by atoms with Gasteiger partial charge in [-0.15, -0.1) is 0 Å². The maximum Gasteiger partial charge on any atom is 0.156 e. The van der Waals surface area contributed by atoms with Gasteiger partial charge in [0, 0.05) is 6.54 Å². The number of hydrogen-bond acceptors (Lipinski definition) is 3. The second-order valence-electron chi connectivity index (χ2n) is 4.94. The van der Waals surface area contributed by atoms with E-state index in [-0.39, 0.29) is 0 Å². The summed E-state index contributed by atoms with van der Waals surface area (Å²) in [6.45, 7) is 11.6. The SMILES string of the molecule is Cc1noc(C)c1NCCC(C)(C)C. The number of hydrogen-bond donors (Lipinski definition) is 1. The van der Waals surface area contributed by atoms with Crippen LogP contribution in [0, 0.1) is 19.3 Å². The first-order chi connectivity index (χ1) is 6.40. The number of aryl methyl sites for hydroxylation is 2. The van der Waals surface area contributed by atoms with Crippen LogP contribution >= 0.6 is 0 Å². The topological polar surface area (TPSA) is 38.1 Å². The third-order valence-corrected chi connectivity index (χ3v) is 2.21. The summed E-state index contributed by atoms with van der Waals surface area (Å²) in [6, 6.07) is 0. The predicted octanol–water partition coefficient (Wildman–Crippen LogP) is 3.14. The molecule has 14 heavy (non-hydrogen) atoms. The number of anilines is 1. The summed E-state index contributed by atoms with van der Waals surface area (Å²) in [6.07, 6.45) is 1.14. The molecule has 0 aromatic carbocycles. The molecular formula is C11H20N2O. The van der Waals surface area contributed by atoms with Crippen molar-refractivity contribution in [3.8, 4) is 0 Å². The molecular weight excluding hydrogens is 176 g/mol. The predicted molar refractivity (Wildman–Crippen MR) is 58.5 cm³/mol. The zero-order valence-electron chi connectivity index (χ0n) is 9.77. The lowest BCUT2D eigenvalue weighted by atomic mass is 9.92. The van der Waals surface area contributed by atoms with E-state index in [9.17, 15) is 0 Å². The Morgan fingerprint density at radius 3 is 2.36 bits per heavy atom. The first-order valence-corrected chi connectivity index (χ1v) is 5.07. The second-order valence-corrected chi connectivity index (χ2v) is 4.94. The molecule has 0 saturated heterocycles. The molecule has 0 aliphatic carbocycles. The quantitative estimate of drug-likeness (QED) is 0.807. The first-order valence-electron chi connectivity index (χ1n) is 5.07. The minimum atomic E-state index is 0.367. The van der Waals surface area contributed by atoms with Gasteiger partial charge in [-0.1, -0.05) is 25.9 Å². The Labute approximate surface area is 85.9 Å². The molecule has 0 fully saturated rings. The van der Waals surface area contributed by atoms with Gasteiger partial charge in [-0.2, -0.15) is 0 Å². The molecule has 3 nitrogen and oxygen atoms in total. The maximum atomic E-state index is 5.07. The van der Waals surface area contributed by atoms with Gasteiger partial charge in [0.2, 0.25) is 0 Å². The zero-order chi connectivity index (χ0) is 10.8. The smallest absolute Gasteiger partial charge is 0.156 e. The Bertz CT molecular complexity index is 277. The Hall–Kier alpha value is -0.990. The molecule has 1 rings (SSSR count). The molecule has 0 aliphatic heterocycles. The summed E-state index contributed by atoms with van der Waals surface area (Å²) < 4.78 is 5.07. The number of nitrogens with zero attached hydrogens (tertiary/aromatic N) is 1. The van der Waals surface area contributed by atoms with E-state index in [4.69, 9.17) is 4.52 Å². The Morgan fingerprint density at radius 2 is 1.93 bits per heavy atom. The Kier molecular flexibility index (Phi) is 3.19. The van der Waals surface area contributed by atoms with Crippen LogP contribution in [0.5, 0.6) is 0 Å². The highest BCUT2D eigenvalue weighted by atomic mass is 16.5. The van der Waals surface area contributed by atoms with Crippen LogP contribution in [0.4, 0.5) is 5.69 Å². The van der Waals surface area contributed by atoms with Gasteiger partial charge in [-0.25, -0.2) is 0 Å². The lowest BCUT2D eigenvalue weighted by Gasteiger charge is -2.18. The minimum Gasteiger partial charge on any atom is -0.381 e. The summed E-state index contributed by atoms with van der Waals surface area (Å²) in [4.78, 5) is 0. The minimum absolute atomic E-state index is 0.367. The molecule has 1 aromatic heterocycles. The van der Waals surface area contributed by atoms with Crippen LogP contribution in [-0.2, 0) is 0 Å². The van der Waals surface area contributed by atoms with E-state index >= 15 is 0 Å². The fraction of sp³-hybridized carbons (Fsp3) is 0.727. The normalized spacial score (nSPS) is 11.8. The van der Waals surface area contributed by atoms with Gasteiger partial charge >= 0.3 is 0 Å². The van der Waals surface area contributed by atoms with E-state index in [1.54, 1.807) is 0 Å². The van der Waals surface area contributed by atoms with Crippen molar-refractivity contribution in [2.24, 2.45) is 5.41 Å². The van der Waals surface area contributed by atoms with Crippen molar-refractivity contribution in [3.05, 3.63) is 11.5 Å². The zero-order valence-corrected chi connectivity index (χ0v) is 9.77. The highest BCUT2D eigenvalue weighted by molar-refractivity contribution is 5.49. The van der Waals surface area contributed by atoms with Gasteiger partial charge in [0.15, 0.2) is 5.76 Å². The Morgan fingerprint density at radius 1 is 1.29 bits per heavy atom. The van der Waals surface area contributed by atoms with Crippen molar-refractivity contribution >= 4 is 5.69 Å². The molecule has 0 amide bonds. The molecule has 0 unspecified atom stereocenters. The van der Waals surface area contributed by atoms with Crippen molar-refractivity contribution in [2.45, 2.75) is 41.0 Å². The van der Waals surface area contributed by atoms with Crippen LogP contribution < -0.4 is 5.32 Å². The summed E-state index contributed by atoms with van der Waals surface area (Å²) in [5, 5.41) is 7.26. The number of rotatable bonds is 3. The fourth-order valence-corrected chi connectivity index (χ4v) is 1.30. The molecule has 0 aliphatic rings. The average Bonchev–Trinajstić information content (AvgIpc) is 2.33. The van der Waals surface area contributed by atoms with E-state index in [1.807, 2.05) is 13.8 Å². The molecule has 0 radical (unpaired) electrons. The lowest BCUT2D eigenvalue weighted by molar-refractivity contribution is 0.388. The molecule has 1 aromatic rings. The fourth-order valence-electron chi connectivity index (χ4n) is 1.30. The van der Waals surface area contributed by atoms with Gasteiger partial charge < -0.3 is 9.84 Å². The van der Waals surface area contributed by atoms with Crippen LogP contribution in [0.2, 0.25) is 0 Å². The summed E-state index contributed by atoms with van der Waals surface area (Å²) in [5.41, 5.74) is 2.36. The molecule has 3 heteroatoms. The largest absolute Gasteiger partial charge is 0.381 e. The van der Waals surface area contributed by atoms with E-state index < -0.39 is 0 Å². The second kappa shape index (κ2) is 4.03. The summed E-state index contributed by atoms with van der Waals surface area (Å²) in [5.74, 6) is 0.872. The third kappa shape index (κ3) is 3.05. The van der Waals surface area contributed by atoms with Crippen LogP contribution in [0.25, 0.3) is 0 Å². The molecule has 0 spiro atoms. The van der Waals surface area contributed by atoms with Crippen LogP contribution in [0.1, 0.15) is 38.6 Å². The van der Waals surface area contributed by atoms with Gasteiger partial charge in [0.1, 0.15) is 11.4 Å². The lowest BCUT2D eigenvalue weighted by Crippen LogP contribution is -2.13. The van der Waals surface area contributed by atoms with Gasteiger partial charge in [-0.05, 0) is 25.7 Å². The first kappa shape index (κ1) is 11.1. The third-order valence-electron chi connectivity index (χ3n) is 2.21. The van der Waals surface area contributed by atoms with E-state index in [0.717, 1.165) is 30.1 Å². The van der Waals surface area contributed by atoms with E-state index in [1.165, 1.54) is 0 Å². The monoisotopic (exact) mass is 196 g/mol. The number of nitrogens with one attached hydrogen (secondary N) is 1. The molecule has 1 heterocycles. The number of aromatic nitrogens is 1. The van der Waals surface area contributed by atoms with Crippen molar-refractivity contribution in [2.75, 3.05) is 11.9 Å². The molecule has 0 atom stereocenters. The molecule has 0 bridgehead atoms. The maximum absolute atomic E-state index is 5.07. The van der Waals surface area contributed by atoms with Crippen molar-refractivity contribution < 1.29 is 4.52 Å². The van der Waals surface area contributed by atoms with Crippen molar-refractivity contribution in [1.29, 1.82) is 0 Å². The van der Waals surface area contributed by atoms with Crippen LogP contribution in [0.15, 0.2) is 4.52 Å². The van der Waals surface area contributed by atoms with Crippen molar-refractivity contribution in [3.63, 3.8) is 0 Å². The molecule has 80 valence electrons. The average molecular weight is 196 g/mol. The van der Waals surface area contributed by atoms with Crippen molar-refractivity contribution in [1.82, 2.24) is 5.16 Å².